The fourth-order valence-electron chi connectivity index (χ4n) is 3.24. The van der Waals surface area contributed by atoms with Crippen LogP contribution in [0.15, 0.2) is 18.9 Å². The van der Waals surface area contributed by atoms with E-state index in [1.54, 1.807) is 0 Å². The van der Waals surface area contributed by atoms with Crippen molar-refractivity contribution in [1.82, 2.24) is 0 Å². The topological polar surface area (TPSA) is 50.7 Å². The molecular weight excluding hydrogens is 394 g/mol. The maximum absolute atomic E-state index is 5.54. The van der Waals surface area contributed by atoms with Crippen LogP contribution >= 0.6 is 31.9 Å². The molecule has 1 heterocycles. The van der Waals surface area contributed by atoms with Gasteiger partial charge in [-0.25, -0.2) is 9.98 Å². The molecule has 2 bridgehead atoms. The number of hydrogen-bond donors (Lipinski definition) is 1. The summed E-state index contributed by atoms with van der Waals surface area (Å²) >= 11 is 7.41. The molecule has 112 valence electrons. The normalized spacial score (nSPS) is 20.6. The lowest BCUT2D eigenvalue weighted by Crippen LogP contribution is -2.19. The van der Waals surface area contributed by atoms with Gasteiger partial charge in [-0.05, 0) is 94.1 Å². The molecule has 1 aliphatic carbocycles. The van der Waals surface area contributed by atoms with Crippen LogP contribution in [0.4, 0.5) is 5.69 Å². The number of halogens is 2. The van der Waals surface area contributed by atoms with Gasteiger partial charge in [-0.3, -0.25) is 0 Å². The molecule has 0 aromatic heterocycles. The van der Waals surface area contributed by atoms with Gasteiger partial charge in [0.1, 0.15) is 5.84 Å². The maximum atomic E-state index is 5.54. The summed E-state index contributed by atoms with van der Waals surface area (Å²) in [6.07, 6.45) is 7.30. The Bertz CT molecular complexity index is 635. The molecule has 0 saturated carbocycles. The third kappa shape index (κ3) is 2.76. The fraction of sp³-hybridized carbons (Fsp3) is 0.500. The molecule has 2 N–H and O–H groups in total. The van der Waals surface area contributed by atoms with Crippen molar-refractivity contribution in [2.24, 2.45) is 21.6 Å². The van der Waals surface area contributed by atoms with Crippen molar-refractivity contribution < 1.29 is 0 Å². The number of benzene rings is 1. The minimum Gasteiger partial charge on any atom is -0.330 e. The SMILES string of the molecule is Cc1c(Br)c(Br)c2c3c1CCCC(C3)C(N=CCCN)=N2. The van der Waals surface area contributed by atoms with Crippen molar-refractivity contribution in [2.45, 2.75) is 39.0 Å². The van der Waals surface area contributed by atoms with E-state index >= 15 is 0 Å². The first-order valence-corrected chi connectivity index (χ1v) is 9.02. The average molecular weight is 413 g/mol. The predicted octanol–water partition coefficient (Wildman–Crippen LogP) is 4.48. The van der Waals surface area contributed by atoms with Crippen LogP contribution in [-0.4, -0.2) is 18.6 Å². The smallest absolute Gasteiger partial charge is 0.131 e. The van der Waals surface area contributed by atoms with E-state index in [2.05, 4.69) is 43.8 Å². The van der Waals surface area contributed by atoms with Crippen LogP contribution in [0.5, 0.6) is 0 Å². The van der Waals surface area contributed by atoms with Gasteiger partial charge in [0.15, 0.2) is 0 Å². The highest BCUT2D eigenvalue weighted by Crippen LogP contribution is 2.46. The summed E-state index contributed by atoms with van der Waals surface area (Å²) in [4.78, 5) is 9.47. The number of nitrogens with two attached hydrogens (primary N) is 1. The molecule has 0 amide bonds. The van der Waals surface area contributed by atoms with Gasteiger partial charge in [-0.1, -0.05) is 0 Å². The number of aliphatic imine (C=N–C) groups is 2. The van der Waals surface area contributed by atoms with E-state index in [1.807, 2.05) is 6.21 Å². The van der Waals surface area contributed by atoms with Crippen molar-refractivity contribution in [3.8, 4) is 0 Å². The number of fused-ring (bicyclic) bond motifs is 1. The van der Waals surface area contributed by atoms with Crippen molar-refractivity contribution in [3.63, 3.8) is 0 Å². The second-order valence-corrected chi connectivity index (χ2v) is 7.30. The molecular formula is C16H19Br2N3. The zero-order valence-electron chi connectivity index (χ0n) is 12.1. The standard InChI is InChI=1S/C16H19Br2N3/c1-9-11-5-2-4-10-8-12(11)15(14(18)13(9)17)21-16(10)20-7-3-6-19/h7,10H,2-6,8,19H2,1H3. The third-order valence-corrected chi connectivity index (χ3v) is 6.67. The molecule has 1 aliphatic heterocycles. The molecule has 2 aliphatic rings. The van der Waals surface area contributed by atoms with Crippen molar-refractivity contribution in [2.75, 3.05) is 6.54 Å². The summed E-state index contributed by atoms with van der Waals surface area (Å²) < 4.78 is 2.19. The summed E-state index contributed by atoms with van der Waals surface area (Å²) in [5, 5.41) is 0. The molecule has 3 nitrogen and oxygen atoms in total. The Hall–Kier alpha value is -0.520. The van der Waals surface area contributed by atoms with Crippen LogP contribution in [0, 0.1) is 12.8 Å². The van der Waals surface area contributed by atoms with Gasteiger partial charge in [0.2, 0.25) is 0 Å². The maximum Gasteiger partial charge on any atom is 0.131 e. The first-order chi connectivity index (χ1) is 10.1. The average Bonchev–Trinajstić information content (AvgIpc) is 2.68. The Labute approximate surface area is 142 Å². The van der Waals surface area contributed by atoms with Crippen LogP contribution in [0.3, 0.4) is 0 Å². The molecule has 1 atom stereocenters. The molecule has 21 heavy (non-hydrogen) atoms. The lowest BCUT2D eigenvalue weighted by Gasteiger charge is -2.24. The zero-order chi connectivity index (χ0) is 15.0. The van der Waals surface area contributed by atoms with E-state index in [0.717, 1.165) is 39.7 Å². The molecule has 0 saturated heterocycles. The minimum atomic E-state index is 0.459. The van der Waals surface area contributed by atoms with E-state index in [9.17, 15) is 0 Å². The van der Waals surface area contributed by atoms with E-state index in [1.165, 1.54) is 29.5 Å². The molecule has 0 fully saturated rings. The van der Waals surface area contributed by atoms with E-state index < -0.39 is 0 Å². The van der Waals surface area contributed by atoms with Crippen molar-refractivity contribution in [3.05, 3.63) is 25.6 Å². The van der Waals surface area contributed by atoms with Gasteiger partial charge in [0.25, 0.3) is 0 Å². The number of amidine groups is 1. The van der Waals surface area contributed by atoms with Gasteiger partial charge in [-0.2, -0.15) is 0 Å². The highest BCUT2D eigenvalue weighted by molar-refractivity contribution is 9.13. The highest BCUT2D eigenvalue weighted by atomic mass is 79.9. The predicted molar refractivity (Wildman–Crippen MR) is 96.0 cm³/mol. The quantitative estimate of drug-likeness (QED) is 0.715. The van der Waals surface area contributed by atoms with E-state index in [0.29, 0.717) is 12.5 Å². The van der Waals surface area contributed by atoms with Crippen LogP contribution in [0.25, 0.3) is 0 Å². The van der Waals surface area contributed by atoms with Crippen LogP contribution in [0.1, 0.15) is 36.0 Å². The number of hydrogen-bond acceptors (Lipinski definition) is 3. The lowest BCUT2D eigenvalue weighted by atomic mass is 9.90. The fourth-order valence-corrected chi connectivity index (χ4v) is 4.30. The summed E-state index contributed by atoms with van der Waals surface area (Å²) in [6, 6.07) is 0. The van der Waals surface area contributed by atoms with Crippen molar-refractivity contribution in [1.29, 1.82) is 0 Å². The van der Waals surface area contributed by atoms with Crippen LogP contribution in [-0.2, 0) is 12.8 Å². The molecule has 1 aromatic carbocycles. The van der Waals surface area contributed by atoms with Gasteiger partial charge >= 0.3 is 0 Å². The zero-order valence-corrected chi connectivity index (χ0v) is 15.3. The van der Waals surface area contributed by atoms with E-state index in [-0.39, 0.29) is 0 Å². The van der Waals surface area contributed by atoms with E-state index in [4.69, 9.17) is 10.7 Å². The highest BCUT2D eigenvalue weighted by Gasteiger charge is 2.30. The molecule has 1 aromatic rings. The van der Waals surface area contributed by atoms with Crippen LogP contribution in [0.2, 0.25) is 0 Å². The van der Waals surface area contributed by atoms with Gasteiger partial charge in [0.05, 0.1) is 10.2 Å². The molecule has 0 spiro atoms. The van der Waals surface area contributed by atoms with Gasteiger partial charge < -0.3 is 5.73 Å². The lowest BCUT2D eigenvalue weighted by molar-refractivity contribution is 0.603. The Balaban J connectivity index is 2.13. The first-order valence-electron chi connectivity index (χ1n) is 7.44. The minimum absolute atomic E-state index is 0.459. The summed E-state index contributed by atoms with van der Waals surface area (Å²) in [5.74, 6) is 1.43. The Morgan fingerprint density at radius 3 is 2.90 bits per heavy atom. The van der Waals surface area contributed by atoms with Gasteiger partial charge in [-0.15, -0.1) is 0 Å². The number of rotatable bonds is 2. The molecule has 3 rings (SSSR count). The monoisotopic (exact) mass is 411 g/mol. The Kier molecular flexibility index (Phi) is 4.62. The van der Waals surface area contributed by atoms with Crippen LogP contribution < -0.4 is 5.73 Å². The van der Waals surface area contributed by atoms with Crippen molar-refractivity contribution >= 4 is 49.6 Å². The molecule has 5 heteroatoms. The van der Waals surface area contributed by atoms with Gasteiger partial charge in [0, 0.05) is 16.6 Å². The second-order valence-electron chi connectivity index (χ2n) is 5.71. The Morgan fingerprint density at radius 2 is 2.14 bits per heavy atom. The summed E-state index contributed by atoms with van der Waals surface area (Å²) in [5.41, 5.74) is 10.9. The molecule has 0 radical (unpaired) electrons. The largest absolute Gasteiger partial charge is 0.330 e. The third-order valence-electron chi connectivity index (χ3n) is 4.37. The molecule has 1 unspecified atom stereocenters. The Morgan fingerprint density at radius 1 is 1.33 bits per heavy atom. The first kappa shape index (κ1) is 15.4. The second kappa shape index (κ2) is 6.31. The summed E-state index contributed by atoms with van der Waals surface area (Å²) in [7, 11) is 0. The number of nitrogens with zero attached hydrogens (tertiary/aromatic N) is 2. The summed E-state index contributed by atoms with van der Waals surface area (Å²) in [6.45, 7) is 2.83.